The first-order valence-electron chi connectivity index (χ1n) is 5.86. The molecule has 0 radical (unpaired) electrons. The lowest BCUT2D eigenvalue weighted by molar-refractivity contribution is 0.446. The van der Waals surface area contributed by atoms with Gasteiger partial charge in [-0.15, -0.1) is 0 Å². The first kappa shape index (κ1) is 18.4. The predicted molar refractivity (Wildman–Crippen MR) is 85.8 cm³/mol. The van der Waals surface area contributed by atoms with Gasteiger partial charge >= 0.3 is 0 Å². The second-order valence-electron chi connectivity index (χ2n) is 5.26. The van der Waals surface area contributed by atoms with Gasteiger partial charge in [0.15, 0.2) is 0 Å². The lowest BCUT2D eigenvalue weighted by Crippen LogP contribution is -2.50. The first-order valence-corrected chi connectivity index (χ1v) is 10.0. The van der Waals surface area contributed by atoms with Crippen molar-refractivity contribution >= 4 is 41.7 Å². The standard InChI is InChI=1S/C11H18BrN3O4S2/c1-11(2,15-20(3,16)17)7-14-21(18,19)10-6-8(12)4-5-9(10)13/h4-6,14-15H,7,13H2,1-3H3. The van der Waals surface area contributed by atoms with Crippen LogP contribution in [-0.2, 0) is 20.0 Å². The Kier molecular flexibility index (Phi) is 5.43. The maximum atomic E-state index is 12.2. The van der Waals surface area contributed by atoms with Crippen LogP contribution in [0.4, 0.5) is 5.69 Å². The molecule has 0 heterocycles. The normalized spacial score (nSPS) is 13.3. The van der Waals surface area contributed by atoms with Gasteiger partial charge in [-0.3, -0.25) is 0 Å². The molecule has 21 heavy (non-hydrogen) atoms. The van der Waals surface area contributed by atoms with Gasteiger partial charge in [-0.05, 0) is 32.0 Å². The molecule has 0 aliphatic rings. The van der Waals surface area contributed by atoms with Crippen molar-refractivity contribution in [1.82, 2.24) is 9.44 Å². The maximum Gasteiger partial charge on any atom is 0.242 e. The van der Waals surface area contributed by atoms with Crippen LogP contribution in [0.2, 0.25) is 0 Å². The molecule has 10 heteroatoms. The minimum atomic E-state index is -3.84. The van der Waals surface area contributed by atoms with Gasteiger partial charge in [0, 0.05) is 16.6 Å². The maximum absolute atomic E-state index is 12.2. The van der Waals surface area contributed by atoms with E-state index in [0.717, 1.165) is 6.26 Å². The molecule has 120 valence electrons. The van der Waals surface area contributed by atoms with E-state index in [1.165, 1.54) is 12.1 Å². The molecule has 7 nitrogen and oxygen atoms in total. The predicted octanol–water partition coefficient (Wildman–Crippen LogP) is 0.637. The number of hydrogen-bond donors (Lipinski definition) is 3. The average molecular weight is 400 g/mol. The summed E-state index contributed by atoms with van der Waals surface area (Å²) in [6.45, 7) is 3.02. The summed E-state index contributed by atoms with van der Waals surface area (Å²) in [6, 6.07) is 4.48. The molecule has 0 bridgehead atoms. The van der Waals surface area contributed by atoms with Crippen molar-refractivity contribution in [3.8, 4) is 0 Å². The minimum absolute atomic E-state index is 0.0629. The Labute approximate surface area is 133 Å². The van der Waals surface area contributed by atoms with E-state index in [2.05, 4.69) is 25.4 Å². The smallest absolute Gasteiger partial charge is 0.242 e. The van der Waals surface area contributed by atoms with Crippen molar-refractivity contribution < 1.29 is 16.8 Å². The number of nitrogen functional groups attached to an aromatic ring is 1. The molecule has 0 saturated heterocycles. The van der Waals surface area contributed by atoms with E-state index in [9.17, 15) is 16.8 Å². The van der Waals surface area contributed by atoms with Crippen molar-refractivity contribution in [3.05, 3.63) is 22.7 Å². The number of hydrogen-bond acceptors (Lipinski definition) is 5. The Morgan fingerprint density at radius 1 is 1.24 bits per heavy atom. The molecular formula is C11H18BrN3O4S2. The highest BCUT2D eigenvalue weighted by atomic mass is 79.9. The third-order valence-corrected chi connectivity index (χ3v) is 5.30. The Bertz CT molecular complexity index is 730. The van der Waals surface area contributed by atoms with Crippen LogP contribution in [-0.4, -0.2) is 35.2 Å². The van der Waals surface area contributed by atoms with Crippen LogP contribution in [0.5, 0.6) is 0 Å². The highest BCUT2D eigenvalue weighted by Gasteiger charge is 2.26. The van der Waals surface area contributed by atoms with Crippen molar-refractivity contribution in [3.63, 3.8) is 0 Å². The Balaban J connectivity index is 2.94. The van der Waals surface area contributed by atoms with Crippen molar-refractivity contribution in [2.75, 3.05) is 18.5 Å². The quantitative estimate of drug-likeness (QED) is 0.606. The number of nitrogens with two attached hydrogens (primary N) is 1. The number of anilines is 1. The molecule has 0 aromatic heterocycles. The molecule has 1 aromatic rings. The van der Waals surface area contributed by atoms with Gasteiger partial charge in [0.05, 0.1) is 11.9 Å². The zero-order chi connectivity index (χ0) is 16.5. The summed E-state index contributed by atoms with van der Waals surface area (Å²) in [5, 5.41) is 0. The molecule has 0 unspecified atom stereocenters. The zero-order valence-corrected chi connectivity index (χ0v) is 15.1. The van der Waals surface area contributed by atoms with E-state index in [4.69, 9.17) is 5.73 Å². The van der Waals surface area contributed by atoms with Crippen molar-refractivity contribution in [1.29, 1.82) is 0 Å². The number of halogens is 1. The van der Waals surface area contributed by atoms with Gasteiger partial charge in [0.25, 0.3) is 0 Å². The summed E-state index contributed by atoms with van der Waals surface area (Å²) in [7, 11) is -7.29. The number of sulfonamides is 2. The molecule has 1 aromatic carbocycles. The molecule has 0 aliphatic carbocycles. The fraction of sp³-hybridized carbons (Fsp3) is 0.455. The van der Waals surface area contributed by atoms with Crippen LogP contribution in [0.3, 0.4) is 0 Å². The molecule has 4 N–H and O–H groups in total. The molecule has 0 amide bonds. The van der Waals surface area contributed by atoms with Crippen LogP contribution in [0.25, 0.3) is 0 Å². The van der Waals surface area contributed by atoms with Gasteiger partial charge in [-0.2, -0.15) is 0 Å². The summed E-state index contributed by atoms with van der Waals surface area (Å²) >= 11 is 3.18. The molecule has 1 rings (SSSR count). The molecular weight excluding hydrogens is 382 g/mol. The number of benzene rings is 1. The van der Waals surface area contributed by atoms with Crippen LogP contribution in [0.1, 0.15) is 13.8 Å². The molecule has 0 fully saturated rings. The van der Waals surface area contributed by atoms with E-state index in [-0.39, 0.29) is 17.1 Å². The second kappa shape index (κ2) is 6.21. The molecule has 0 saturated carbocycles. The Morgan fingerprint density at radius 2 is 1.81 bits per heavy atom. The fourth-order valence-corrected chi connectivity index (χ4v) is 4.59. The van der Waals surface area contributed by atoms with Gasteiger partial charge in [-0.1, -0.05) is 15.9 Å². The topological polar surface area (TPSA) is 118 Å². The van der Waals surface area contributed by atoms with E-state index in [1.54, 1.807) is 19.9 Å². The number of nitrogens with one attached hydrogen (secondary N) is 2. The van der Waals surface area contributed by atoms with Gasteiger partial charge in [0.2, 0.25) is 20.0 Å². The Hall–Kier alpha value is -0.680. The highest BCUT2D eigenvalue weighted by molar-refractivity contribution is 9.10. The van der Waals surface area contributed by atoms with E-state index >= 15 is 0 Å². The first-order chi connectivity index (χ1) is 9.32. The van der Waals surface area contributed by atoms with Crippen molar-refractivity contribution in [2.45, 2.75) is 24.3 Å². The second-order valence-corrected chi connectivity index (χ2v) is 9.66. The lowest BCUT2D eigenvalue weighted by Gasteiger charge is -2.25. The van der Waals surface area contributed by atoms with Crippen molar-refractivity contribution in [2.24, 2.45) is 0 Å². The third kappa shape index (κ3) is 5.91. The van der Waals surface area contributed by atoms with Gasteiger partial charge in [0.1, 0.15) is 4.90 Å². The highest BCUT2D eigenvalue weighted by Crippen LogP contribution is 2.23. The zero-order valence-electron chi connectivity index (χ0n) is 11.8. The molecule has 0 aliphatic heterocycles. The van der Waals surface area contributed by atoms with Crippen LogP contribution in [0, 0.1) is 0 Å². The fourth-order valence-electron chi connectivity index (χ4n) is 1.63. The van der Waals surface area contributed by atoms with Gasteiger partial charge in [-0.25, -0.2) is 26.3 Å². The summed E-state index contributed by atoms with van der Waals surface area (Å²) in [5.41, 5.74) is 4.81. The average Bonchev–Trinajstić information content (AvgIpc) is 2.27. The van der Waals surface area contributed by atoms with E-state index < -0.39 is 25.6 Å². The molecule has 0 atom stereocenters. The molecule has 0 spiro atoms. The summed E-state index contributed by atoms with van der Waals surface area (Å²) in [5.74, 6) is 0. The summed E-state index contributed by atoms with van der Waals surface area (Å²) in [6.07, 6.45) is 1.01. The third-order valence-electron chi connectivity index (χ3n) is 2.43. The Morgan fingerprint density at radius 3 is 2.33 bits per heavy atom. The van der Waals surface area contributed by atoms with Crippen LogP contribution >= 0.6 is 15.9 Å². The monoisotopic (exact) mass is 399 g/mol. The van der Waals surface area contributed by atoms with E-state index in [0.29, 0.717) is 4.47 Å². The van der Waals surface area contributed by atoms with Crippen LogP contribution < -0.4 is 15.2 Å². The summed E-state index contributed by atoms with van der Waals surface area (Å²) < 4.78 is 52.2. The van der Waals surface area contributed by atoms with Crippen LogP contribution in [0.15, 0.2) is 27.6 Å². The largest absolute Gasteiger partial charge is 0.398 e. The SMILES string of the molecule is CC(C)(CNS(=O)(=O)c1cc(Br)ccc1N)NS(C)(=O)=O. The summed E-state index contributed by atoms with van der Waals surface area (Å²) in [4.78, 5) is -0.0629. The van der Waals surface area contributed by atoms with Gasteiger partial charge < -0.3 is 5.73 Å². The number of rotatable bonds is 6. The van der Waals surface area contributed by atoms with E-state index in [1.807, 2.05) is 0 Å². The lowest BCUT2D eigenvalue weighted by atomic mass is 10.1. The minimum Gasteiger partial charge on any atom is -0.398 e.